The second-order valence-electron chi connectivity index (χ2n) is 4.08. The topological polar surface area (TPSA) is 34.8 Å². The van der Waals surface area contributed by atoms with Gasteiger partial charge in [0.25, 0.3) is 0 Å². The molecule has 6 heteroatoms. The number of hydrogen-bond donors (Lipinski definition) is 0. The van der Waals surface area contributed by atoms with Crippen molar-refractivity contribution >= 4 is 28.1 Å². The molecule has 0 aliphatic rings. The lowest BCUT2D eigenvalue weighted by Crippen LogP contribution is -2.23. The predicted molar refractivity (Wildman–Crippen MR) is 74.0 cm³/mol. The van der Waals surface area contributed by atoms with Crippen LogP contribution in [0.3, 0.4) is 0 Å². The molecule has 0 aliphatic heterocycles. The number of hydrogen-bond acceptors (Lipinski definition) is 4. The molecule has 1 aromatic carbocycles. The van der Waals surface area contributed by atoms with Crippen LogP contribution in [-0.4, -0.2) is 21.1 Å². The van der Waals surface area contributed by atoms with Gasteiger partial charge in [-0.05, 0) is 24.5 Å². The molecular formula is C12H13N4S2+. The monoisotopic (exact) mass is 277 g/mol. The maximum absolute atomic E-state index is 4.64. The van der Waals surface area contributed by atoms with Gasteiger partial charge in [0.15, 0.2) is 5.01 Å². The van der Waals surface area contributed by atoms with Crippen LogP contribution in [0.4, 0.5) is 0 Å². The van der Waals surface area contributed by atoms with E-state index < -0.39 is 0 Å². The first-order chi connectivity index (χ1) is 8.69. The SMILES string of the molecule is CSc1nn(C)c2sc(-c3ccc(C)cc3)n[n+]12. The average Bonchev–Trinajstić information content (AvgIpc) is 2.91. The van der Waals surface area contributed by atoms with E-state index in [1.54, 1.807) is 23.1 Å². The van der Waals surface area contributed by atoms with Crippen molar-refractivity contribution in [1.82, 2.24) is 14.9 Å². The number of fused-ring (bicyclic) bond motifs is 1. The standard InChI is InChI=1S/C12H13N4S2/c1-8-4-6-9(7-5-8)10-13-16-11(17-3)14-15(2)12(16)18-10/h4-7H,1-3H3/q+1. The highest BCUT2D eigenvalue weighted by molar-refractivity contribution is 7.98. The molecule has 0 saturated heterocycles. The van der Waals surface area contributed by atoms with Gasteiger partial charge in [-0.25, -0.2) is 0 Å². The molecule has 0 bridgehead atoms. The molecular weight excluding hydrogens is 264 g/mol. The third-order valence-corrected chi connectivity index (χ3v) is 4.48. The number of rotatable bonds is 2. The Kier molecular flexibility index (Phi) is 2.83. The van der Waals surface area contributed by atoms with E-state index in [-0.39, 0.29) is 0 Å². The smallest absolute Gasteiger partial charge is 0.0985 e. The Hall–Kier alpha value is -1.40. The first-order valence-corrected chi connectivity index (χ1v) is 7.60. The van der Waals surface area contributed by atoms with Crippen LogP contribution in [0.25, 0.3) is 15.5 Å². The maximum atomic E-state index is 4.64. The summed E-state index contributed by atoms with van der Waals surface area (Å²) in [5, 5.41) is 11.0. The lowest BCUT2D eigenvalue weighted by molar-refractivity contribution is -0.616. The van der Waals surface area contributed by atoms with Crippen molar-refractivity contribution in [2.24, 2.45) is 7.05 Å². The lowest BCUT2D eigenvalue weighted by Gasteiger charge is -1.94. The molecule has 0 amide bonds. The molecule has 92 valence electrons. The van der Waals surface area contributed by atoms with Gasteiger partial charge >= 0.3 is 10.1 Å². The highest BCUT2D eigenvalue weighted by Crippen LogP contribution is 2.24. The van der Waals surface area contributed by atoms with Crippen molar-refractivity contribution < 1.29 is 4.52 Å². The average molecular weight is 277 g/mol. The van der Waals surface area contributed by atoms with Gasteiger partial charge in [0.2, 0.25) is 0 Å². The summed E-state index contributed by atoms with van der Waals surface area (Å²) in [5.41, 5.74) is 2.42. The van der Waals surface area contributed by atoms with E-state index in [1.807, 2.05) is 22.5 Å². The summed E-state index contributed by atoms with van der Waals surface area (Å²) < 4.78 is 3.78. The lowest BCUT2D eigenvalue weighted by atomic mass is 10.2. The number of aryl methyl sites for hydroxylation is 2. The molecule has 3 rings (SSSR count). The van der Waals surface area contributed by atoms with Crippen molar-refractivity contribution in [3.05, 3.63) is 29.8 Å². The number of aromatic nitrogens is 4. The zero-order valence-electron chi connectivity index (χ0n) is 10.4. The first-order valence-electron chi connectivity index (χ1n) is 5.56. The largest absolute Gasteiger partial charge is 0.361 e. The predicted octanol–water partition coefficient (Wildman–Crippen LogP) is 2.31. The van der Waals surface area contributed by atoms with Gasteiger partial charge in [-0.15, -0.1) is 0 Å². The summed E-state index contributed by atoms with van der Waals surface area (Å²) >= 11 is 3.26. The highest BCUT2D eigenvalue weighted by Gasteiger charge is 2.22. The Balaban J connectivity index is 2.16. The van der Waals surface area contributed by atoms with Gasteiger partial charge in [-0.3, -0.25) is 0 Å². The fourth-order valence-electron chi connectivity index (χ4n) is 1.76. The van der Waals surface area contributed by atoms with Crippen LogP contribution in [0.15, 0.2) is 29.4 Å². The molecule has 3 aromatic rings. The van der Waals surface area contributed by atoms with Crippen LogP contribution in [-0.2, 0) is 7.05 Å². The van der Waals surface area contributed by atoms with Gasteiger partial charge in [-0.1, -0.05) is 55.9 Å². The van der Waals surface area contributed by atoms with E-state index in [1.165, 1.54) is 5.56 Å². The van der Waals surface area contributed by atoms with Crippen LogP contribution < -0.4 is 4.52 Å². The molecule has 0 N–H and O–H groups in total. The quantitative estimate of drug-likeness (QED) is 0.532. The summed E-state index contributed by atoms with van der Waals surface area (Å²) in [4.78, 5) is 1.05. The molecule has 0 fully saturated rings. The van der Waals surface area contributed by atoms with E-state index in [4.69, 9.17) is 0 Å². The zero-order valence-corrected chi connectivity index (χ0v) is 12.0. The molecule has 2 aromatic heterocycles. The third kappa shape index (κ3) is 1.81. The summed E-state index contributed by atoms with van der Waals surface area (Å²) in [6.07, 6.45) is 2.01. The maximum Gasteiger partial charge on any atom is 0.361 e. The Labute approximate surface area is 113 Å². The van der Waals surface area contributed by atoms with Crippen LogP contribution in [0.1, 0.15) is 5.56 Å². The summed E-state index contributed by atoms with van der Waals surface area (Å²) in [7, 11) is 1.95. The minimum absolute atomic E-state index is 0.919. The highest BCUT2D eigenvalue weighted by atomic mass is 32.2. The molecule has 4 nitrogen and oxygen atoms in total. The second-order valence-corrected chi connectivity index (χ2v) is 5.81. The van der Waals surface area contributed by atoms with E-state index >= 15 is 0 Å². The molecule has 0 spiro atoms. The van der Waals surface area contributed by atoms with Gasteiger partial charge in [-0.2, -0.15) is 0 Å². The minimum Gasteiger partial charge on any atom is -0.0985 e. The second kappa shape index (κ2) is 4.37. The summed E-state index contributed by atoms with van der Waals surface area (Å²) in [5.74, 6) is 0. The third-order valence-electron chi connectivity index (χ3n) is 2.73. The van der Waals surface area contributed by atoms with Crippen molar-refractivity contribution in [3.8, 4) is 10.6 Å². The first kappa shape index (κ1) is 11.7. The van der Waals surface area contributed by atoms with Crippen LogP contribution in [0.2, 0.25) is 0 Å². The Morgan fingerprint density at radius 1 is 1.28 bits per heavy atom. The van der Waals surface area contributed by atoms with Gasteiger partial charge in [0.05, 0.1) is 12.1 Å². The van der Waals surface area contributed by atoms with Gasteiger partial charge in [0, 0.05) is 5.56 Å². The number of nitrogens with zero attached hydrogens (tertiary/aromatic N) is 4. The van der Waals surface area contributed by atoms with E-state index in [0.717, 1.165) is 20.7 Å². The van der Waals surface area contributed by atoms with E-state index in [9.17, 15) is 0 Å². The molecule has 2 heterocycles. The number of benzene rings is 1. The number of thioether (sulfide) groups is 1. The molecule has 0 saturated carbocycles. The van der Waals surface area contributed by atoms with E-state index in [2.05, 4.69) is 41.4 Å². The van der Waals surface area contributed by atoms with Crippen LogP contribution in [0, 0.1) is 6.92 Å². The minimum atomic E-state index is 0.919. The van der Waals surface area contributed by atoms with Gasteiger partial charge < -0.3 is 0 Å². The molecule has 18 heavy (non-hydrogen) atoms. The molecule has 0 unspecified atom stereocenters. The fourth-order valence-corrected chi connectivity index (χ4v) is 3.26. The van der Waals surface area contributed by atoms with Crippen LogP contribution in [0.5, 0.6) is 0 Å². The van der Waals surface area contributed by atoms with Gasteiger partial charge in [0.1, 0.15) is 0 Å². The Morgan fingerprint density at radius 2 is 2.00 bits per heavy atom. The molecule has 0 aliphatic carbocycles. The van der Waals surface area contributed by atoms with Crippen molar-refractivity contribution in [2.75, 3.05) is 6.26 Å². The van der Waals surface area contributed by atoms with Crippen LogP contribution >= 0.6 is 23.1 Å². The normalized spacial score (nSPS) is 11.3. The Bertz CT molecular complexity index is 697. The zero-order chi connectivity index (χ0) is 12.7. The fraction of sp³-hybridized carbons (Fsp3) is 0.250. The van der Waals surface area contributed by atoms with Crippen molar-refractivity contribution in [1.29, 1.82) is 0 Å². The summed E-state index contributed by atoms with van der Waals surface area (Å²) in [6.45, 7) is 2.09. The van der Waals surface area contributed by atoms with Crippen molar-refractivity contribution in [2.45, 2.75) is 12.1 Å². The Morgan fingerprint density at radius 3 is 2.67 bits per heavy atom. The van der Waals surface area contributed by atoms with E-state index in [0.29, 0.717) is 0 Å². The molecule has 0 atom stereocenters. The summed E-state index contributed by atoms with van der Waals surface area (Å²) in [6, 6.07) is 8.44. The van der Waals surface area contributed by atoms with Crippen molar-refractivity contribution in [3.63, 3.8) is 0 Å². The molecule has 0 radical (unpaired) electrons.